The Morgan fingerprint density at radius 3 is 2.89 bits per heavy atom. The molecule has 5 heteroatoms. The van der Waals surface area contributed by atoms with Crippen molar-refractivity contribution in [2.24, 2.45) is 12.8 Å². The van der Waals surface area contributed by atoms with Crippen LogP contribution in [0.3, 0.4) is 0 Å². The van der Waals surface area contributed by atoms with Gasteiger partial charge in [-0.1, -0.05) is 0 Å². The van der Waals surface area contributed by atoms with E-state index in [-0.39, 0.29) is 11.8 Å². The number of aryl methyl sites for hydroxylation is 1. The number of ketones is 1. The number of rotatable bonds is 4. The number of nitrogens with two attached hydrogens (primary N) is 1. The molecule has 1 aromatic carbocycles. The van der Waals surface area contributed by atoms with E-state index in [4.69, 9.17) is 10.2 Å². The van der Waals surface area contributed by atoms with Crippen molar-refractivity contribution in [3.63, 3.8) is 0 Å². The van der Waals surface area contributed by atoms with Crippen LogP contribution in [0.2, 0.25) is 0 Å². The summed E-state index contributed by atoms with van der Waals surface area (Å²) in [5.41, 5.74) is 7.33. The minimum absolute atomic E-state index is 0.0101. The van der Waals surface area contributed by atoms with Crippen molar-refractivity contribution < 1.29 is 9.21 Å². The number of nitrogens with zero attached hydrogens (tertiary/aromatic N) is 1. The molecule has 0 saturated carbocycles. The lowest BCUT2D eigenvalue weighted by Crippen LogP contribution is -2.16. The standard InChI is InChI=1S/C13H16N2O3/c1-8(14)3-5-11(16)9-4-6-12-10(7-9)15(2)13(17)18-12/h4,6-8H,3,5,14H2,1-2H3. The van der Waals surface area contributed by atoms with E-state index in [2.05, 4.69) is 0 Å². The zero-order valence-electron chi connectivity index (χ0n) is 10.5. The summed E-state index contributed by atoms with van der Waals surface area (Å²) in [5, 5.41) is 0. The van der Waals surface area contributed by atoms with Gasteiger partial charge >= 0.3 is 5.76 Å². The number of Topliss-reactive ketones (excluding diaryl/α,β-unsaturated/α-hetero) is 1. The minimum Gasteiger partial charge on any atom is -0.408 e. The normalized spacial score (nSPS) is 12.8. The molecule has 2 rings (SSSR count). The summed E-state index contributed by atoms with van der Waals surface area (Å²) in [5.74, 6) is -0.395. The summed E-state index contributed by atoms with van der Waals surface area (Å²) < 4.78 is 6.39. The smallest absolute Gasteiger partial charge is 0.408 e. The molecule has 0 aliphatic rings. The van der Waals surface area contributed by atoms with Gasteiger partial charge in [-0.2, -0.15) is 0 Å². The highest BCUT2D eigenvalue weighted by Crippen LogP contribution is 2.16. The van der Waals surface area contributed by atoms with Crippen LogP contribution in [0.5, 0.6) is 0 Å². The monoisotopic (exact) mass is 248 g/mol. The van der Waals surface area contributed by atoms with Crippen molar-refractivity contribution in [1.82, 2.24) is 4.57 Å². The molecule has 96 valence electrons. The molecule has 0 aliphatic carbocycles. The van der Waals surface area contributed by atoms with E-state index in [9.17, 15) is 9.59 Å². The Kier molecular flexibility index (Phi) is 3.34. The largest absolute Gasteiger partial charge is 0.419 e. The van der Waals surface area contributed by atoms with Crippen molar-refractivity contribution in [3.05, 3.63) is 34.3 Å². The number of oxazole rings is 1. The van der Waals surface area contributed by atoms with Gasteiger partial charge in [-0.15, -0.1) is 0 Å². The van der Waals surface area contributed by atoms with Crippen LogP contribution in [0, 0.1) is 0 Å². The number of hydrogen-bond acceptors (Lipinski definition) is 4. The number of carbonyl (C=O) groups excluding carboxylic acids is 1. The second-order valence-corrected chi connectivity index (χ2v) is 4.55. The molecule has 0 fully saturated rings. The van der Waals surface area contributed by atoms with Crippen molar-refractivity contribution in [1.29, 1.82) is 0 Å². The van der Waals surface area contributed by atoms with Crippen LogP contribution >= 0.6 is 0 Å². The molecule has 1 heterocycles. The summed E-state index contributed by atoms with van der Waals surface area (Å²) in [6.07, 6.45) is 1.07. The van der Waals surface area contributed by atoms with Crippen molar-refractivity contribution in [2.45, 2.75) is 25.8 Å². The van der Waals surface area contributed by atoms with E-state index in [0.717, 1.165) is 0 Å². The first kappa shape index (κ1) is 12.6. The fourth-order valence-corrected chi connectivity index (χ4v) is 1.80. The molecule has 5 nitrogen and oxygen atoms in total. The summed E-state index contributed by atoms with van der Waals surface area (Å²) in [6.45, 7) is 1.87. The lowest BCUT2D eigenvalue weighted by molar-refractivity contribution is 0.0978. The number of hydrogen-bond donors (Lipinski definition) is 1. The molecular weight excluding hydrogens is 232 g/mol. The zero-order valence-corrected chi connectivity index (χ0v) is 10.5. The molecule has 0 saturated heterocycles. The maximum absolute atomic E-state index is 11.9. The highest BCUT2D eigenvalue weighted by Gasteiger charge is 2.11. The SMILES string of the molecule is CC(N)CCC(=O)c1ccc2oc(=O)n(C)c2c1. The third-order valence-electron chi connectivity index (χ3n) is 2.94. The van der Waals surface area contributed by atoms with Crippen molar-refractivity contribution in [2.75, 3.05) is 0 Å². The predicted molar refractivity (Wildman–Crippen MR) is 68.7 cm³/mol. The molecule has 18 heavy (non-hydrogen) atoms. The first-order valence-corrected chi connectivity index (χ1v) is 5.87. The molecule has 0 aliphatic heterocycles. The Labute approximate surface area is 104 Å². The predicted octanol–water partition coefficient (Wildman–Crippen LogP) is 1.44. The van der Waals surface area contributed by atoms with Gasteiger partial charge in [-0.25, -0.2) is 4.79 Å². The second-order valence-electron chi connectivity index (χ2n) is 4.55. The Bertz CT molecular complexity index is 637. The van der Waals surface area contributed by atoms with Crippen LogP contribution in [0.15, 0.2) is 27.4 Å². The first-order chi connectivity index (χ1) is 8.49. The summed E-state index contributed by atoms with van der Waals surface area (Å²) in [6, 6.07) is 5.02. The fourth-order valence-electron chi connectivity index (χ4n) is 1.80. The third-order valence-corrected chi connectivity index (χ3v) is 2.94. The maximum atomic E-state index is 11.9. The van der Waals surface area contributed by atoms with Crippen LogP contribution in [-0.4, -0.2) is 16.4 Å². The third kappa shape index (κ3) is 2.36. The van der Waals surface area contributed by atoms with Crippen molar-refractivity contribution >= 4 is 16.9 Å². The number of carbonyl (C=O) groups is 1. The van der Waals surface area contributed by atoms with Gasteiger partial charge < -0.3 is 10.2 Å². The molecule has 0 amide bonds. The van der Waals surface area contributed by atoms with E-state index >= 15 is 0 Å². The fraction of sp³-hybridized carbons (Fsp3) is 0.385. The molecule has 1 unspecified atom stereocenters. The van der Waals surface area contributed by atoms with Gasteiger partial charge in [0.1, 0.15) is 0 Å². The van der Waals surface area contributed by atoms with Crippen molar-refractivity contribution in [3.8, 4) is 0 Å². The van der Waals surface area contributed by atoms with E-state index < -0.39 is 5.76 Å². The summed E-state index contributed by atoms with van der Waals surface area (Å²) >= 11 is 0. The van der Waals surface area contributed by atoms with Crippen LogP contribution < -0.4 is 11.5 Å². The lowest BCUT2D eigenvalue weighted by Gasteiger charge is -2.04. The first-order valence-electron chi connectivity index (χ1n) is 5.87. The van der Waals surface area contributed by atoms with Gasteiger partial charge in [-0.05, 0) is 31.5 Å². The number of aromatic nitrogens is 1. The van der Waals surface area contributed by atoms with E-state index in [0.29, 0.717) is 29.5 Å². The van der Waals surface area contributed by atoms with Gasteiger partial charge in [0, 0.05) is 25.1 Å². The van der Waals surface area contributed by atoms with Gasteiger partial charge in [0.05, 0.1) is 5.52 Å². The molecule has 0 spiro atoms. The van der Waals surface area contributed by atoms with Gasteiger partial charge in [0.2, 0.25) is 0 Å². The van der Waals surface area contributed by atoms with Gasteiger partial charge in [-0.3, -0.25) is 9.36 Å². The molecule has 1 atom stereocenters. The highest BCUT2D eigenvalue weighted by molar-refractivity contribution is 5.98. The molecule has 2 N–H and O–H groups in total. The van der Waals surface area contributed by atoms with Crippen LogP contribution in [0.1, 0.15) is 30.1 Å². The van der Waals surface area contributed by atoms with E-state index in [1.807, 2.05) is 6.92 Å². The van der Waals surface area contributed by atoms with Crippen LogP contribution in [-0.2, 0) is 7.05 Å². The van der Waals surface area contributed by atoms with E-state index in [1.54, 1.807) is 25.2 Å². The maximum Gasteiger partial charge on any atom is 0.419 e. The highest BCUT2D eigenvalue weighted by atomic mass is 16.4. The Hall–Kier alpha value is -1.88. The molecule has 0 radical (unpaired) electrons. The number of fused-ring (bicyclic) bond motifs is 1. The molecule has 0 bridgehead atoms. The minimum atomic E-state index is -0.426. The van der Waals surface area contributed by atoms with E-state index in [1.165, 1.54) is 4.57 Å². The Morgan fingerprint density at radius 1 is 1.50 bits per heavy atom. The Morgan fingerprint density at radius 2 is 2.22 bits per heavy atom. The second kappa shape index (κ2) is 4.78. The zero-order chi connectivity index (χ0) is 13.3. The quantitative estimate of drug-likeness (QED) is 0.830. The topological polar surface area (TPSA) is 78.2 Å². The van der Waals surface area contributed by atoms with Crippen LogP contribution in [0.4, 0.5) is 0 Å². The average molecular weight is 248 g/mol. The molecule has 1 aromatic heterocycles. The molecular formula is C13H16N2O3. The average Bonchev–Trinajstić information content (AvgIpc) is 2.62. The summed E-state index contributed by atoms with van der Waals surface area (Å²) in [7, 11) is 1.62. The number of benzene rings is 1. The lowest BCUT2D eigenvalue weighted by atomic mass is 10.0. The molecule has 2 aromatic rings. The Balaban J connectivity index is 2.32. The van der Waals surface area contributed by atoms with Gasteiger partial charge in [0.25, 0.3) is 0 Å². The van der Waals surface area contributed by atoms with Crippen LogP contribution in [0.25, 0.3) is 11.1 Å². The van der Waals surface area contributed by atoms with Gasteiger partial charge in [0.15, 0.2) is 11.4 Å². The summed E-state index contributed by atoms with van der Waals surface area (Å²) in [4.78, 5) is 23.3.